The average molecular weight is 302 g/mol. The molecule has 0 radical (unpaired) electrons. The number of urea groups is 1. The highest BCUT2D eigenvalue weighted by molar-refractivity contribution is 6.01. The zero-order chi connectivity index (χ0) is 16.1. The normalized spacial score (nSPS) is 9.86. The van der Waals surface area contributed by atoms with E-state index >= 15 is 0 Å². The molecule has 0 aliphatic carbocycles. The van der Waals surface area contributed by atoms with Crippen LogP contribution < -0.4 is 21.1 Å². The molecule has 22 heavy (non-hydrogen) atoms. The van der Waals surface area contributed by atoms with Gasteiger partial charge in [-0.25, -0.2) is 4.79 Å². The van der Waals surface area contributed by atoms with Crippen LogP contribution in [0.5, 0.6) is 5.75 Å². The smallest absolute Gasteiger partial charge is 0.323 e. The quantitative estimate of drug-likeness (QED) is 0.455. The molecule has 8 heteroatoms. The SMILES string of the molecule is COc1ccc([N+](=O)[O-])cc1NC(=O)Nc1ccc(N)cc1. The van der Waals surface area contributed by atoms with Gasteiger partial charge in [-0.05, 0) is 30.3 Å². The summed E-state index contributed by atoms with van der Waals surface area (Å²) in [5, 5.41) is 15.9. The van der Waals surface area contributed by atoms with E-state index < -0.39 is 11.0 Å². The average Bonchev–Trinajstić information content (AvgIpc) is 2.49. The van der Waals surface area contributed by atoms with Gasteiger partial charge in [-0.1, -0.05) is 0 Å². The van der Waals surface area contributed by atoms with Gasteiger partial charge >= 0.3 is 6.03 Å². The lowest BCUT2D eigenvalue weighted by Crippen LogP contribution is -2.19. The summed E-state index contributed by atoms with van der Waals surface area (Å²) in [4.78, 5) is 22.2. The molecule has 2 rings (SSSR count). The Kier molecular flexibility index (Phi) is 4.42. The topological polar surface area (TPSA) is 120 Å². The molecule has 0 fully saturated rings. The van der Waals surface area contributed by atoms with Gasteiger partial charge in [0.15, 0.2) is 0 Å². The lowest BCUT2D eigenvalue weighted by Gasteiger charge is -2.11. The first-order valence-corrected chi connectivity index (χ1v) is 6.25. The number of nitrogens with two attached hydrogens (primary N) is 1. The summed E-state index contributed by atoms with van der Waals surface area (Å²) < 4.78 is 5.07. The van der Waals surface area contributed by atoms with Crippen LogP contribution in [0, 0.1) is 10.1 Å². The van der Waals surface area contributed by atoms with Gasteiger partial charge in [0.2, 0.25) is 0 Å². The number of anilines is 3. The highest BCUT2D eigenvalue weighted by Crippen LogP contribution is 2.29. The number of hydrogen-bond acceptors (Lipinski definition) is 5. The minimum absolute atomic E-state index is 0.149. The number of carbonyl (C=O) groups excluding carboxylic acids is 1. The van der Waals surface area contributed by atoms with E-state index in [1.807, 2.05) is 0 Å². The van der Waals surface area contributed by atoms with Crippen molar-refractivity contribution < 1.29 is 14.5 Å². The Morgan fingerprint density at radius 3 is 2.45 bits per heavy atom. The fraction of sp³-hybridized carbons (Fsp3) is 0.0714. The van der Waals surface area contributed by atoms with Crippen LogP contribution >= 0.6 is 0 Å². The molecule has 2 aromatic carbocycles. The predicted molar refractivity (Wildman–Crippen MR) is 83.1 cm³/mol. The number of carbonyl (C=O) groups is 1. The molecule has 4 N–H and O–H groups in total. The number of methoxy groups -OCH3 is 1. The highest BCUT2D eigenvalue weighted by atomic mass is 16.6. The van der Waals surface area contributed by atoms with Crippen molar-refractivity contribution in [2.75, 3.05) is 23.5 Å². The van der Waals surface area contributed by atoms with E-state index in [1.165, 1.54) is 25.3 Å². The zero-order valence-corrected chi connectivity index (χ0v) is 11.7. The van der Waals surface area contributed by atoms with Crippen molar-refractivity contribution in [2.24, 2.45) is 0 Å². The van der Waals surface area contributed by atoms with Crippen LogP contribution in [0.2, 0.25) is 0 Å². The number of nitrogens with zero attached hydrogens (tertiary/aromatic N) is 1. The molecule has 0 aliphatic heterocycles. The lowest BCUT2D eigenvalue weighted by atomic mass is 10.2. The molecule has 0 atom stereocenters. The molecule has 0 aliphatic rings. The van der Waals surface area contributed by atoms with Crippen molar-refractivity contribution in [3.8, 4) is 5.75 Å². The predicted octanol–water partition coefficient (Wildman–Crippen LogP) is 2.83. The van der Waals surface area contributed by atoms with Gasteiger partial charge in [0.05, 0.1) is 17.7 Å². The van der Waals surface area contributed by atoms with Crippen LogP contribution in [-0.4, -0.2) is 18.1 Å². The Morgan fingerprint density at radius 2 is 1.86 bits per heavy atom. The maximum Gasteiger partial charge on any atom is 0.323 e. The third kappa shape index (κ3) is 3.63. The third-order valence-electron chi connectivity index (χ3n) is 2.81. The first-order valence-electron chi connectivity index (χ1n) is 6.25. The van der Waals surface area contributed by atoms with E-state index in [2.05, 4.69) is 10.6 Å². The lowest BCUT2D eigenvalue weighted by molar-refractivity contribution is -0.384. The molecular formula is C14H14N4O4. The van der Waals surface area contributed by atoms with Crippen molar-refractivity contribution in [1.29, 1.82) is 0 Å². The van der Waals surface area contributed by atoms with Crippen LogP contribution in [0.4, 0.5) is 27.5 Å². The van der Waals surface area contributed by atoms with Crippen molar-refractivity contribution >= 4 is 28.8 Å². The zero-order valence-electron chi connectivity index (χ0n) is 11.7. The van der Waals surface area contributed by atoms with E-state index in [0.29, 0.717) is 17.1 Å². The Balaban J connectivity index is 2.14. The molecule has 8 nitrogen and oxygen atoms in total. The van der Waals surface area contributed by atoms with Crippen LogP contribution in [0.15, 0.2) is 42.5 Å². The summed E-state index contributed by atoms with van der Waals surface area (Å²) in [6.45, 7) is 0. The number of nitrogens with one attached hydrogen (secondary N) is 2. The summed E-state index contributed by atoms with van der Waals surface area (Å²) in [5.74, 6) is 0.318. The van der Waals surface area contributed by atoms with E-state index in [4.69, 9.17) is 10.5 Å². The number of hydrogen-bond donors (Lipinski definition) is 3. The van der Waals surface area contributed by atoms with Gasteiger partial charge in [-0.15, -0.1) is 0 Å². The highest BCUT2D eigenvalue weighted by Gasteiger charge is 2.13. The van der Waals surface area contributed by atoms with Gasteiger partial charge in [0, 0.05) is 23.5 Å². The minimum Gasteiger partial charge on any atom is -0.495 e. The van der Waals surface area contributed by atoms with E-state index in [1.54, 1.807) is 24.3 Å². The van der Waals surface area contributed by atoms with Gasteiger partial charge in [-0.2, -0.15) is 0 Å². The standard InChI is InChI=1S/C14H14N4O4/c1-22-13-7-6-11(18(20)21)8-12(13)17-14(19)16-10-4-2-9(15)3-5-10/h2-8H,15H2,1H3,(H2,16,17,19). The second-order valence-electron chi connectivity index (χ2n) is 4.34. The maximum absolute atomic E-state index is 11.9. The summed E-state index contributed by atoms with van der Waals surface area (Å²) in [5.41, 5.74) is 6.72. The largest absolute Gasteiger partial charge is 0.495 e. The molecule has 2 amide bonds. The Labute approximate surface area is 126 Å². The molecule has 0 unspecified atom stereocenters. The molecule has 0 heterocycles. The Bertz CT molecular complexity index is 700. The Hall–Kier alpha value is -3.29. The van der Waals surface area contributed by atoms with Gasteiger partial charge in [-0.3, -0.25) is 10.1 Å². The number of benzene rings is 2. The number of rotatable bonds is 4. The van der Waals surface area contributed by atoms with Crippen LogP contribution in [0.25, 0.3) is 0 Å². The molecule has 0 spiro atoms. The maximum atomic E-state index is 11.9. The van der Waals surface area contributed by atoms with Gasteiger partial charge < -0.3 is 21.1 Å². The number of non-ortho nitro benzene ring substituents is 1. The summed E-state index contributed by atoms with van der Waals surface area (Å²) in [7, 11) is 1.41. The second-order valence-corrected chi connectivity index (χ2v) is 4.34. The van der Waals surface area contributed by atoms with E-state index in [9.17, 15) is 14.9 Å². The van der Waals surface area contributed by atoms with Crippen LogP contribution in [-0.2, 0) is 0 Å². The van der Waals surface area contributed by atoms with Gasteiger partial charge in [0.25, 0.3) is 5.69 Å². The second kappa shape index (κ2) is 6.44. The first kappa shape index (κ1) is 15.1. The fourth-order valence-electron chi connectivity index (χ4n) is 1.76. The van der Waals surface area contributed by atoms with E-state index in [-0.39, 0.29) is 11.4 Å². The number of amides is 2. The summed E-state index contributed by atoms with van der Waals surface area (Å²) in [6, 6.07) is 9.94. The summed E-state index contributed by atoms with van der Waals surface area (Å²) in [6.07, 6.45) is 0. The molecule has 0 aromatic heterocycles. The molecular weight excluding hydrogens is 288 g/mol. The monoisotopic (exact) mass is 302 g/mol. The number of ether oxygens (including phenoxy) is 1. The van der Waals surface area contributed by atoms with Crippen molar-refractivity contribution in [1.82, 2.24) is 0 Å². The molecule has 0 bridgehead atoms. The number of nitrogen functional groups attached to an aromatic ring is 1. The van der Waals surface area contributed by atoms with Crippen LogP contribution in [0.3, 0.4) is 0 Å². The molecule has 0 saturated heterocycles. The van der Waals surface area contributed by atoms with Crippen LogP contribution in [0.1, 0.15) is 0 Å². The van der Waals surface area contributed by atoms with Crippen molar-refractivity contribution in [3.05, 3.63) is 52.6 Å². The molecule has 2 aromatic rings. The van der Waals surface area contributed by atoms with E-state index in [0.717, 1.165) is 0 Å². The fourth-order valence-corrected chi connectivity index (χ4v) is 1.76. The molecule has 114 valence electrons. The molecule has 0 saturated carbocycles. The third-order valence-corrected chi connectivity index (χ3v) is 2.81. The number of nitro benzene ring substituents is 1. The summed E-state index contributed by atoms with van der Waals surface area (Å²) >= 11 is 0. The van der Waals surface area contributed by atoms with Crippen molar-refractivity contribution in [2.45, 2.75) is 0 Å². The number of nitro groups is 1. The van der Waals surface area contributed by atoms with Crippen molar-refractivity contribution in [3.63, 3.8) is 0 Å². The Morgan fingerprint density at radius 1 is 1.18 bits per heavy atom. The minimum atomic E-state index is -0.553. The van der Waals surface area contributed by atoms with Gasteiger partial charge in [0.1, 0.15) is 5.75 Å². The first-order chi connectivity index (χ1) is 10.5.